The molecule has 0 saturated carbocycles. The molecule has 0 fully saturated rings. The van der Waals surface area contributed by atoms with Crippen molar-refractivity contribution in [2.45, 2.75) is 19.6 Å². The third-order valence-corrected chi connectivity index (χ3v) is 4.53. The minimum atomic E-state index is -0.366. The number of hydrogen-bond acceptors (Lipinski definition) is 4. The molecule has 0 aliphatic heterocycles. The van der Waals surface area contributed by atoms with E-state index in [2.05, 4.69) is 26.6 Å². The van der Waals surface area contributed by atoms with Gasteiger partial charge in [0.1, 0.15) is 18.1 Å². The lowest BCUT2D eigenvalue weighted by Crippen LogP contribution is -2.30. The van der Waals surface area contributed by atoms with E-state index in [0.29, 0.717) is 18.1 Å². The zero-order chi connectivity index (χ0) is 20.5. The fraction of sp³-hybridized carbons (Fsp3) is 0.182. The van der Waals surface area contributed by atoms with Crippen LogP contribution in [-0.4, -0.2) is 18.4 Å². The largest absolute Gasteiger partial charge is 0.486 e. The molecule has 3 rings (SSSR count). The van der Waals surface area contributed by atoms with Crippen LogP contribution in [-0.2, 0) is 17.9 Å². The van der Waals surface area contributed by atoms with E-state index in [0.717, 1.165) is 10.0 Å². The summed E-state index contributed by atoms with van der Waals surface area (Å²) in [7, 11) is 0. The van der Waals surface area contributed by atoms with Crippen molar-refractivity contribution in [3.63, 3.8) is 0 Å². The van der Waals surface area contributed by atoms with Crippen LogP contribution >= 0.6 is 15.9 Å². The van der Waals surface area contributed by atoms with Gasteiger partial charge in [-0.1, -0.05) is 52.3 Å². The minimum Gasteiger partial charge on any atom is -0.486 e. The van der Waals surface area contributed by atoms with E-state index in [1.807, 2.05) is 54.6 Å². The number of hydrogen-bond donors (Lipinski definition) is 2. The van der Waals surface area contributed by atoms with Crippen LogP contribution in [0, 0.1) is 0 Å². The summed E-state index contributed by atoms with van der Waals surface area (Å²) in [6, 6.07) is 20.4. The maximum Gasteiger partial charge on any atom is 0.287 e. The summed E-state index contributed by atoms with van der Waals surface area (Å²) < 4.78 is 12.1. The highest BCUT2D eigenvalue weighted by molar-refractivity contribution is 9.10. The maximum atomic E-state index is 12.2. The monoisotopic (exact) mass is 456 g/mol. The van der Waals surface area contributed by atoms with Crippen LogP contribution in [0.5, 0.6) is 5.75 Å². The molecule has 0 saturated heterocycles. The van der Waals surface area contributed by atoms with Crippen LogP contribution in [0.15, 0.2) is 75.6 Å². The van der Waals surface area contributed by atoms with Gasteiger partial charge in [-0.2, -0.15) is 0 Å². The molecular weight excluding hydrogens is 436 g/mol. The molecule has 150 valence electrons. The molecule has 2 amide bonds. The van der Waals surface area contributed by atoms with Crippen LogP contribution in [0.2, 0.25) is 0 Å². The SMILES string of the molecule is O=C(CCNC(=O)c1ccc(COc2cccc(Br)c2)o1)NCc1ccccc1. The first-order valence-corrected chi connectivity index (χ1v) is 9.95. The number of benzene rings is 2. The zero-order valence-corrected chi connectivity index (χ0v) is 17.3. The predicted molar refractivity (Wildman–Crippen MR) is 112 cm³/mol. The molecule has 0 spiro atoms. The van der Waals surface area contributed by atoms with Crippen molar-refractivity contribution in [1.29, 1.82) is 0 Å². The highest BCUT2D eigenvalue weighted by Gasteiger charge is 2.12. The maximum absolute atomic E-state index is 12.2. The summed E-state index contributed by atoms with van der Waals surface area (Å²) in [6.45, 7) is 0.906. The third-order valence-electron chi connectivity index (χ3n) is 4.03. The molecule has 3 aromatic rings. The molecule has 7 heteroatoms. The normalized spacial score (nSPS) is 10.4. The highest BCUT2D eigenvalue weighted by atomic mass is 79.9. The van der Waals surface area contributed by atoms with Gasteiger partial charge >= 0.3 is 0 Å². The second-order valence-electron chi connectivity index (χ2n) is 6.28. The fourth-order valence-corrected chi connectivity index (χ4v) is 2.93. The molecule has 0 aliphatic rings. The number of amides is 2. The Labute approximate surface area is 177 Å². The molecule has 0 atom stereocenters. The van der Waals surface area contributed by atoms with E-state index in [1.165, 1.54) is 0 Å². The van der Waals surface area contributed by atoms with Crippen molar-refractivity contribution >= 4 is 27.7 Å². The first-order valence-electron chi connectivity index (χ1n) is 9.16. The van der Waals surface area contributed by atoms with E-state index in [4.69, 9.17) is 9.15 Å². The Morgan fingerprint density at radius 3 is 2.59 bits per heavy atom. The summed E-state index contributed by atoms with van der Waals surface area (Å²) in [5.74, 6) is 0.924. The smallest absolute Gasteiger partial charge is 0.287 e. The van der Waals surface area contributed by atoms with Crippen molar-refractivity contribution in [3.05, 3.63) is 88.3 Å². The van der Waals surface area contributed by atoms with E-state index in [9.17, 15) is 9.59 Å². The average molecular weight is 457 g/mol. The van der Waals surface area contributed by atoms with Crippen molar-refractivity contribution in [1.82, 2.24) is 10.6 Å². The van der Waals surface area contributed by atoms with Gasteiger partial charge in [-0.25, -0.2) is 0 Å². The molecule has 29 heavy (non-hydrogen) atoms. The van der Waals surface area contributed by atoms with Crippen LogP contribution in [0.1, 0.15) is 28.3 Å². The van der Waals surface area contributed by atoms with Crippen molar-refractivity contribution in [2.24, 2.45) is 0 Å². The van der Waals surface area contributed by atoms with E-state index < -0.39 is 0 Å². The van der Waals surface area contributed by atoms with Gasteiger partial charge in [0.15, 0.2) is 5.76 Å². The molecule has 1 heterocycles. The van der Waals surface area contributed by atoms with Gasteiger partial charge in [0.25, 0.3) is 5.91 Å². The standard InChI is InChI=1S/C22H21BrN2O4/c23-17-7-4-8-18(13-17)28-15-19-9-10-20(29-19)22(27)24-12-11-21(26)25-14-16-5-2-1-3-6-16/h1-10,13H,11-12,14-15H2,(H,24,27)(H,25,26). The van der Waals surface area contributed by atoms with Gasteiger partial charge in [-0.3, -0.25) is 9.59 Å². The number of ether oxygens (including phenoxy) is 1. The minimum absolute atomic E-state index is 0.128. The van der Waals surface area contributed by atoms with Gasteiger partial charge < -0.3 is 19.8 Å². The quantitative estimate of drug-likeness (QED) is 0.508. The fourth-order valence-electron chi connectivity index (χ4n) is 2.55. The van der Waals surface area contributed by atoms with Crippen molar-refractivity contribution in [2.75, 3.05) is 6.54 Å². The second kappa shape index (κ2) is 10.5. The highest BCUT2D eigenvalue weighted by Crippen LogP contribution is 2.19. The Morgan fingerprint density at radius 1 is 0.966 bits per heavy atom. The second-order valence-corrected chi connectivity index (χ2v) is 7.20. The number of carbonyl (C=O) groups is 2. The van der Waals surface area contributed by atoms with E-state index >= 15 is 0 Å². The van der Waals surface area contributed by atoms with Crippen LogP contribution in [0.3, 0.4) is 0 Å². The first kappa shape index (κ1) is 20.7. The van der Waals surface area contributed by atoms with Gasteiger partial charge in [0.2, 0.25) is 5.91 Å². The molecule has 0 bridgehead atoms. The summed E-state index contributed by atoms with van der Waals surface area (Å²) in [5, 5.41) is 5.50. The number of nitrogens with one attached hydrogen (secondary N) is 2. The summed E-state index contributed by atoms with van der Waals surface area (Å²) in [5.41, 5.74) is 1.03. The number of furan rings is 1. The van der Waals surface area contributed by atoms with Gasteiger partial charge in [-0.15, -0.1) is 0 Å². The van der Waals surface area contributed by atoms with Crippen molar-refractivity contribution < 1.29 is 18.7 Å². The first-order chi connectivity index (χ1) is 14.1. The van der Waals surface area contributed by atoms with E-state index in [-0.39, 0.29) is 37.1 Å². The van der Waals surface area contributed by atoms with Crippen LogP contribution < -0.4 is 15.4 Å². The van der Waals surface area contributed by atoms with Gasteiger partial charge in [0.05, 0.1) is 0 Å². The lowest BCUT2D eigenvalue weighted by Gasteiger charge is -2.06. The molecule has 0 unspecified atom stereocenters. The molecule has 1 aromatic heterocycles. The summed E-state index contributed by atoms with van der Waals surface area (Å²) in [4.78, 5) is 24.0. The van der Waals surface area contributed by atoms with Gasteiger partial charge in [0, 0.05) is 24.0 Å². The molecule has 6 nitrogen and oxygen atoms in total. The topological polar surface area (TPSA) is 80.6 Å². The lowest BCUT2D eigenvalue weighted by molar-refractivity contribution is -0.121. The number of halogens is 1. The number of carbonyl (C=O) groups excluding carboxylic acids is 2. The Kier molecular flexibility index (Phi) is 7.47. The zero-order valence-electron chi connectivity index (χ0n) is 15.7. The Balaban J connectivity index is 1.38. The summed E-state index contributed by atoms with van der Waals surface area (Å²) >= 11 is 3.38. The third kappa shape index (κ3) is 6.80. The van der Waals surface area contributed by atoms with Crippen LogP contribution in [0.25, 0.3) is 0 Å². The van der Waals surface area contributed by atoms with Crippen LogP contribution in [0.4, 0.5) is 0 Å². The molecule has 0 aliphatic carbocycles. The van der Waals surface area contributed by atoms with Crippen molar-refractivity contribution in [3.8, 4) is 5.75 Å². The predicted octanol–water partition coefficient (Wildman–Crippen LogP) is 4.06. The average Bonchev–Trinajstić information content (AvgIpc) is 3.21. The van der Waals surface area contributed by atoms with Gasteiger partial charge in [-0.05, 0) is 35.9 Å². The Bertz CT molecular complexity index is 956. The Hall–Kier alpha value is -3.06. The van der Waals surface area contributed by atoms with E-state index in [1.54, 1.807) is 12.1 Å². The molecular formula is C22H21BrN2O4. The molecule has 2 aromatic carbocycles. The lowest BCUT2D eigenvalue weighted by atomic mass is 10.2. The summed E-state index contributed by atoms with van der Waals surface area (Å²) in [6.07, 6.45) is 0.193. The molecule has 0 radical (unpaired) electrons. The number of rotatable bonds is 9. The molecule has 2 N–H and O–H groups in total. The Morgan fingerprint density at radius 2 is 1.79 bits per heavy atom.